The van der Waals surface area contributed by atoms with Crippen molar-refractivity contribution in [1.82, 2.24) is 5.32 Å². The number of hydrogen-bond donors (Lipinski definition) is 2. The first kappa shape index (κ1) is 19.8. The molecule has 2 aromatic rings. The molecule has 0 bridgehead atoms. The van der Waals surface area contributed by atoms with Crippen molar-refractivity contribution >= 4 is 23.5 Å². The lowest BCUT2D eigenvalue weighted by Gasteiger charge is -2.12. The standard InChI is InChI=1S/C19H20N2O6/c1-25-14-8-9-16(26-2)15(10-14)21-17(22)12-27-18(23)11-20-19(24)13-6-4-3-5-7-13/h3-10H,11-12H2,1-2H3,(H,20,24)(H,21,22). The number of rotatable bonds is 8. The second kappa shape index (κ2) is 9.81. The van der Waals surface area contributed by atoms with Crippen LogP contribution in [0.4, 0.5) is 5.69 Å². The molecule has 0 saturated carbocycles. The maximum atomic E-state index is 12.0. The van der Waals surface area contributed by atoms with Gasteiger partial charge in [-0.2, -0.15) is 0 Å². The molecule has 2 rings (SSSR count). The Morgan fingerprint density at radius 2 is 1.70 bits per heavy atom. The Morgan fingerprint density at radius 1 is 0.963 bits per heavy atom. The third-order valence-corrected chi connectivity index (χ3v) is 3.47. The number of carbonyl (C=O) groups is 3. The predicted molar refractivity (Wildman–Crippen MR) is 97.9 cm³/mol. The van der Waals surface area contributed by atoms with Crippen molar-refractivity contribution in [1.29, 1.82) is 0 Å². The smallest absolute Gasteiger partial charge is 0.325 e. The highest BCUT2D eigenvalue weighted by atomic mass is 16.5. The second-order valence-corrected chi connectivity index (χ2v) is 5.32. The molecule has 0 aliphatic rings. The first-order valence-electron chi connectivity index (χ1n) is 8.04. The molecule has 27 heavy (non-hydrogen) atoms. The van der Waals surface area contributed by atoms with Crippen LogP contribution in [0.1, 0.15) is 10.4 Å². The number of ether oxygens (including phenoxy) is 3. The van der Waals surface area contributed by atoms with Crippen LogP contribution in [0.25, 0.3) is 0 Å². The average Bonchev–Trinajstić information content (AvgIpc) is 2.71. The Balaban J connectivity index is 1.80. The summed E-state index contributed by atoms with van der Waals surface area (Å²) in [5.74, 6) is -0.716. The Morgan fingerprint density at radius 3 is 2.37 bits per heavy atom. The first-order valence-corrected chi connectivity index (χ1v) is 8.04. The summed E-state index contributed by atoms with van der Waals surface area (Å²) in [7, 11) is 2.96. The number of amides is 2. The summed E-state index contributed by atoms with van der Waals surface area (Å²) in [5.41, 5.74) is 0.809. The molecule has 142 valence electrons. The molecule has 8 nitrogen and oxygen atoms in total. The van der Waals surface area contributed by atoms with Crippen molar-refractivity contribution in [2.75, 3.05) is 32.7 Å². The van der Waals surface area contributed by atoms with E-state index in [1.54, 1.807) is 48.5 Å². The van der Waals surface area contributed by atoms with Gasteiger partial charge in [-0.1, -0.05) is 18.2 Å². The molecular weight excluding hydrogens is 352 g/mol. The molecule has 0 unspecified atom stereocenters. The minimum Gasteiger partial charge on any atom is -0.497 e. The van der Waals surface area contributed by atoms with E-state index in [1.165, 1.54) is 14.2 Å². The molecule has 0 fully saturated rings. The highest BCUT2D eigenvalue weighted by Gasteiger charge is 2.13. The quantitative estimate of drug-likeness (QED) is 0.683. The molecular formula is C19H20N2O6. The molecule has 0 spiro atoms. The lowest BCUT2D eigenvalue weighted by molar-refractivity contribution is -0.146. The molecule has 8 heteroatoms. The topological polar surface area (TPSA) is 103 Å². The maximum Gasteiger partial charge on any atom is 0.325 e. The van der Waals surface area contributed by atoms with Gasteiger partial charge in [-0.15, -0.1) is 0 Å². The van der Waals surface area contributed by atoms with E-state index in [4.69, 9.17) is 14.2 Å². The summed E-state index contributed by atoms with van der Waals surface area (Å²) >= 11 is 0. The van der Waals surface area contributed by atoms with Crippen molar-refractivity contribution in [2.24, 2.45) is 0 Å². The highest BCUT2D eigenvalue weighted by molar-refractivity contribution is 5.97. The van der Waals surface area contributed by atoms with Crippen LogP contribution >= 0.6 is 0 Å². The fourth-order valence-corrected chi connectivity index (χ4v) is 2.14. The van der Waals surface area contributed by atoms with Gasteiger partial charge in [0.05, 0.1) is 19.9 Å². The van der Waals surface area contributed by atoms with Crippen molar-refractivity contribution in [3.05, 3.63) is 54.1 Å². The molecule has 2 amide bonds. The van der Waals surface area contributed by atoms with Crippen molar-refractivity contribution < 1.29 is 28.6 Å². The van der Waals surface area contributed by atoms with Crippen LogP contribution in [0.2, 0.25) is 0 Å². The van der Waals surface area contributed by atoms with Crippen LogP contribution in [0, 0.1) is 0 Å². The lowest BCUT2D eigenvalue weighted by atomic mass is 10.2. The number of anilines is 1. The van der Waals surface area contributed by atoms with E-state index in [9.17, 15) is 14.4 Å². The molecule has 0 aliphatic heterocycles. The van der Waals surface area contributed by atoms with E-state index in [1.807, 2.05) is 0 Å². The van der Waals surface area contributed by atoms with Crippen molar-refractivity contribution in [3.63, 3.8) is 0 Å². The molecule has 2 aromatic carbocycles. The Kier molecular flexibility index (Phi) is 7.18. The second-order valence-electron chi connectivity index (χ2n) is 5.32. The number of esters is 1. The molecule has 2 N–H and O–H groups in total. The van der Waals surface area contributed by atoms with Gasteiger partial charge in [-0.05, 0) is 24.3 Å². The Bertz CT molecular complexity index is 807. The van der Waals surface area contributed by atoms with Crippen LogP contribution in [0.5, 0.6) is 11.5 Å². The van der Waals surface area contributed by atoms with E-state index < -0.39 is 24.4 Å². The van der Waals surface area contributed by atoms with Crippen LogP contribution in [0.3, 0.4) is 0 Å². The highest BCUT2D eigenvalue weighted by Crippen LogP contribution is 2.28. The number of hydrogen-bond acceptors (Lipinski definition) is 6. The molecule has 0 saturated heterocycles. The summed E-state index contributed by atoms with van der Waals surface area (Å²) in [6, 6.07) is 13.4. The number of benzene rings is 2. The fraction of sp³-hybridized carbons (Fsp3) is 0.211. The normalized spacial score (nSPS) is 9.85. The SMILES string of the molecule is COc1ccc(OC)c(NC(=O)COC(=O)CNC(=O)c2ccccc2)c1. The van der Waals surface area contributed by atoms with E-state index in [0.717, 1.165) is 0 Å². The van der Waals surface area contributed by atoms with E-state index >= 15 is 0 Å². The van der Waals surface area contributed by atoms with Crippen LogP contribution in [-0.4, -0.2) is 45.2 Å². The van der Waals surface area contributed by atoms with Crippen molar-refractivity contribution in [2.45, 2.75) is 0 Å². The largest absolute Gasteiger partial charge is 0.497 e. The Hall–Kier alpha value is -3.55. The van der Waals surface area contributed by atoms with Gasteiger partial charge in [0.25, 0.3) is 11.8 Å². The predicted octanol–water partition coefficient (Wildman–Crippen LogP) is 1.62. The number of nitrogens with one attached hydrogen (secondary N) is 2. The lowest BCUT2D eigenvalue weighted by Crippen LogP contribution is -2.32. The van der Waals surface area contributed by atoms with Gasteiger partial charge < -0.3 is 24.8 Å². The number of methoxy groups -OCH3 is 2. The molecule has 0 radical (unpaired) electrons. The van der Waals surface area contributed by atoms with E-state index in [-0.39, 0.29) is 6.54 Å². The van der Waals surface area contributed by atoms with Gasteiger partial charge >= 0.3 is 5.97 Å². The first-order chi connectivity index (χ1) is 13.0. The molecule has 0 aromatic heterocycles. The van der Waals surface area contributed by atoms with Gasteiger partial charge in [0.15, 0.2) is 6.61 Å². The van der Waals surface area contributed by atoms with E-state index in [2.05, 4.69) is 10.6 Å². The average molecular weight is 372 g/mol. The zero-order valence-corrected chi connectivity index (χ0v) is 15.0. The Labute approximate surface area is 156 Å². The van der Waals surface area contributed by atoms with Crippen LogP contribution < -0.4 is 20.1 Å². The van der Waals surface area contributed by atoms with Gasteiger partial charge in [0, 0.05) is 11.6 Å². The zero-order chi connectivity index (χ0) is 19.6. The molecule has 0 atom stereocenters. The zero-order valence-electron chi connectivity index (χ0n) is 15.0. The third-order valence-electron chi connectivity index (χ3n) is 3.47. The summed E-state index contributed by atoms with van der Waals surface area (Å²) in [5, 5.41) is 5.00. The minimum atomic E-state index is -0.730. The fourth-order valence-electron chi connectivity index (χ4n) is 2.14. The van der Waals surface area contributed by atoms with Crippen LogP contribution in [0.15, 0.2) is 48.5 Å². The number of carbonyl (C=O) groups excluding carboxylic acids is 3. The van der Waals surface area contributed by atoms with Gasteiger partial charge in [-0.3, -0.25) is 14.4 Å². The third kappa shape index (κ3) is 6.03. The summed E-state index contributed by atoms with van der Waals surface area (Å²) in [4.78, 5) is 35.5. The summed E-state index contributed by atoms with van der Waals surface area (Å²) < 4.78 is 15.1. The summed E-state index contributed by atoms with van der Waals surface area (Å²) in [6.45, 7) is -0.843. The maximum absolute atomic E-state index is 12.0. The van der Waals surface area contributed by atoms with Gasteiger partial charge in [-0.25, -0.2) is 0 Å². The molecule has 0 heterocycles. The minimum absolute atomic E-state index is 0.344. The van der Waals surface area contributed by atoms with Crippen LogP contribution in [-0.2, 0) is 14.3 Å². The van der Waals surface area contributed by atoms with E-state index in [0.29, 0.717) is 22.7 Å². The van der Waals surface area contributed by atoms with Gasteiger partial charge in [0.2, 0.25) is 0 Å². The molecule has 0 aliphatic carbocycles. The van der Waals surface area contributed by atoms with Crippen molar-refractivity contribution in [3.8, 4) is 11.5 Å². The monoisotopic (exact) mass is 372 g/mol. The summed E-state index contributed by atoms with van der Waals surface area (Å²) in [6.07, 6.45) is 0. The van der Waals surface area contributed by atoms with Gasteiger partial charge in [0.1, 0.15) is 18.0 Å².